The largest absolute Gasteiger partial charge is 0.334 e. The molecule has 0 aliphatic rings. The molecule has 12 heavy (non-hydrogen) atoms. The van der Waals surface area contributed by atoms with Crippen molar-refractivity contribution < 1.29 is 0 Å². The first-order valence-corrected chi connectivity index (χ1v) is 3.58. The maximum absolute atomic E-state index is 5.39. The highest BCUT2D eigenvalue weighted by Crippen LogP contribution is 1.96. The molecule has 0 atom stereocenters. The normalized spacial score (nSPS) is 8.50. The molecule has 1 aromatic rings. The minimum Gasteiger partial charge on any atom is -0.334 e. The fraction of sp³-hybridized carbons (Fsp3) is 0.571. The van der Waals surface area contributed by atoms with E-state index in [4.69, 9.17) is 5.73 Å². The molecule has 3 nitrogen and oxygen atoms in total. The number of nitrogens with two attached hydrogens (primary N) is 1. The minimum absolute atomic E-state index is 0. The molecule has 0 radical (unpaired) electrons. The summed E-state index contributed by atoms with van der Waals surface area (Å²) in [5.74, 6) is 1.12. The average Bonchev–Trinajstić information content (AvgIpc) is 2.36. The van der Waals surface area contributed by atoms with Gasteiger partial charge in [0.1, 0.15) is 5.82 Å². The lowest BCUT2D eigenvalue weighted by Crippen LogP contribution is -2.11. The Bertz CT molecular complexity index is 200. The quantitative estimate of drug-likeness (QED) is 0.819. The molecule has 72 valence electrons. The van der Waals surface area contributed by atoms with E-state index in [1.54, 1.807) is 0 Å². The van der Waals surface area contributed by atoms with Gasteiger partial charge in [-0.05, 0) is 0 Å². The van der Waals surface area contributed by atoms with E-state index in [-0.39, 0.29) is 24.8 Å². The molecule has 0 spiro atoms. The SMILES string of the molecule is CCc1nccn1CCN.Cl.Cl. The lowest BCUT2D eigenvalue weighted by atomic mass is 10.4. The van der Waals surface area contributed by atoms with Crippen molar-refractivity contribution in [3.05, 3.63) is 18.2 Å². The van der Waals surface area contributed by atoms with E-state index in [2.05, 4.69) is 16.5 Å². The number of hydrogen-bond donors (Lipinski definition) is 1. The molecular weight excluding hydrogens is 197 g/mol. The predicted octanol–water partition coefficient (Wildman–Crippen LogP) is 1.25. The molecule has 0 saturated heterocycles. The van der Waals surface area contributed by atoms with Crippen molar-refractivity contribution in [3.63, 3.8) is 0 Å². The number of nitrogens with zero attached hydrogens (tertiary/aromatic N) is 2. The number of aromatic nitrogens is 2. The zero-order chi connectivity index (χ0) is 7.40. The summed E-state index contributed by atoms with van der Waals surface area (Å²) in [6, 6.07) is 0. The Balaban J connectivity index is 0. The summed E-state index contributed by atoms with van der Waals surface area (Å²) in [7, 11) is 0. The summed E-state index contributed by atoms with van der Waals surface area (Å²) in [6.07, 6.45) is 4.76. The fourth-order valence-corrected chi connectivity index (χ4v) is 0.997. The van der Waals surface area contributed by atoms with Gasteiger partial charge < -0.3 is 10.3 Å². The van der Waals surface area contributed by atoms with E-state index < -0.39 is 0 Å². The number of imidazole rings is 1. The second kappa shape index (κ2) is 7.40. The molecule has 1 heterocycles. The Morgan fingerprint density at radius 2 is 2.17 bits per heavy atom. The third-order valence-electron chi connectivity index (χ3n) is 1.49. The molecule has 0 amide bonds. The van der Waals surface area contributed by atoms with Crippen LogP contribution in [0.1, 0.15) is 12.7 Å². The first-order valence-electron chi connectivity index (χ1n) is 3.58. The van der Waals surface area contributed by atoms with Crippen LogP contribution in [0.5, 0.6) is 0 Å². The van der Waals surface area contributed by atoms with Gasteiger partial charge in [-0.3, -0.25) is 0 Å². The smallest absolute Gasteiger partial charge is 0.108 e. The van der Waals surface area contributed by atoms with Gasteiger partial charge in [0.25, 0.3) is 0 Å². The van der Waals surface area contributed by atoms with Gasteiger partial charge in [-0.15, -0.1) is 24.8 Å². The van der Waals surface area contributed by atoms with E-state index in [1.165, 1.54) is 0 Å². The first kappa shape index (κ1) is 14.3. The van der Waals surface area contributed by atoms with Crippen LogP contribution in [0.3, 0.4) is 0 Å². The summed E-state index contributed by atoms with van der Waals surface area (Å²) in [5, 5.41) is 0. The van der Waals surface area contributed by atoms with Crippen molar-refractivity contribution in [2.45, 2.75) is 19.9 Å². The molecule has 1 rings (SSSR count). The maximum atomic E-state index is 5.39. The van der Waals surface area contributed by atoms with Crippen LogP contribution in [-0.2, 0) is 13.0 Å². The highest BCUT2D eigenvalue weighted by Gasteiger charge is 1.96. The second-order valence-electron chi connectivity index (χ2n) is 2.18. The van der Waals surface area contributed by atoms with Crippen LogP contribution >= 0.6 is 24.8 Å². The average molecular weight is 212 g/mol. The van der Waals surface area contributed by atoms with Gasteiger partial charge in [-0.25, -0.2) is 4.98 Å². The van der Waals surface area contributed by atoms with Gasteiger partial charge in [-0.2, -0.15) is 0 Å². The standard InChI is InChI=1S/C7H13N3.2ClH/c1-2-7-9-4-6-10(7)5-3-8;;/h4,6H,2-3,5,8H2,1H3;2*1H. The van der Waals surface area contributed by atoms with E-state index in [0.29, 0.717) is 6.54 Å². The first-order chi connectivity index (χ1) is 4.88. The van der Waals surface area contributed by atoms with Gasteiger partial charge in [0, 0.05) is 31.9 Å². The Kier molecular flexibility index (Phi) is 8.81. The highest BCUT2D eigenvalue weighted by atomic mass is 35.5. The molecule has 0 aromatic carbocycles. The van der Waals surface area contributed by atoms with E-state index in [0.717, 1.165) is 18.8 Å². The minimum atomic E-state index is 0. The summed E-state index contributed by atoms with van der Waals surface area (Å²) in [4.78, 5) is 4.16. The molecular formula is C7H15Cl2N3. The lowest BCUT2D eigenvalue weighted by Gasteiger charge is -2.01. The molecule has 0 fully saturated rings. The van der Waals surface area contributed by atoms with E-state index in [1.807, 2.05) is 12.4 Å². The maximum Gasteiger partial charge on any atom is 0.108 e. The van der Waals surface area contributed by atoms with Crippen molar-refractivity contribution in [1.82, 2.24) is 9.55 Å². The Labute approximate surface area is 85.2 Å². The van der Waals surface area contributed by atoms with Crippen LogP contribution in [0.15, 0.2) is 12.4 Å². The topological polar surface area (TPSA) is 43.8 Å². The molecule has 0 aliphatic heterocycles. The zero-order valence-electron chi connectivity index (χ0n) is 7.06. The summed E-state index contributed by atoms with van der Waals surface area (Å²) in [5.41, 5.74) is 5.39. The molecule has 1 aromatic heterocycles. The van der Waals surface area contributed by atoms with Crippen molar-refractivity contribution in [2.75, 3.05) is 6.54 Å². The van der Waals surface area contributed by atoms with Crippen molar-refractivity contribution in [2.24, 2.45) is 5.73 Å². The third kappa shape index (κ3) is 3.43. The Hall–Kier alpha value is -0.250. The van der Waals surface area contributed by atoms with Gasteiger partial charge in [0.15, 0.2) is 0 Å². The summed E-state index contributed by atoms with van der Waals surface area (Å²) < 4.78 is 2.08. The van der Waals surface area contributed by atoms with Crippen LogP contribution in [0, 0.1) is 0 Å². The molecule has 2 N–H and O–H groups in total. The fourth-order valence-electron chi connectivity index (χ4n) is 0.997. The number of halogens is 2. The van der Waals surface area contributed by atoms with Crippen LogP contribution in [0.25, 0.3) is 0 Å². The summed E-state index contributed by atoms with van der Waals surface area (Å²) >= 11 is 0. The zero-order valence-corrected chi connectivity index (χ0v) is 8.70. The summed E-state index contributed by atoms with van der Waals surface area (Å²) in [6.45, 7) is 3.65. The Morgan fingerprint density at radius 3 is 2.67 bits per heavy atom. The molecule has 0 saturated carbocycles. The van der Waals surface area contributed by atoms with Crippen LogP contribution in [-0.4, -0.2) is 16.1 Å². The van der Waals surface area contributed by atoms with Gasteiger partial charge in [-0.1, -0.05) is 6.92 Å². The Morgan fingerprint density at radius 1 is 1.50 bits per heavy atom. The molecule has 5 heteroatoms. The van der Waals surface area contributed by atoms with Crippen molar-refractivity contribution in [3.8, 4) is 0 Å². The predicted molar refractivity (Wildman–Crippen MR) is 55.2 cm³/mol. The van der Waals surface area contributed by atoms with Crippen LogP contribution in [0.2, 0.25) is 0 Å². The number of aryl methyl sites for hydroxylation is 1. The highest BCUT2D eigenvalue weighted by molar-refractivity contribution is 5.85. The lowest BCUT2D eigenvalue weighted by molar-refractivity contribution is 0.666. The van der Waals surface area contributed by atoms with Crippen molar-refractivity contribution >= 4 is 24.8 Å². The van der Waals surface area contributed by atoms with Gasteiger partial charge >= 0.3 is 0 Å². The molecule has 0 unspecified atom stereocenters. The monoisotopic (exact) mass is 211 g/mol. The van der Waals surface area contributed by atoms with Gasteiger partial charge in [0.05, 0.1) is 0 Å². The van der Waals surface area contributed by atoms with Gasteiger partial charge in [0.2, 0.25) is 0 Å². The van der Waals surface area contributed by atoms with Crippen LogP contribution < -0.4 is 5.73 Å². The van der Waals surface area contributed by atoms with E-state index in [9.17, 15) is 0 Å². The third-order valence-corrected chi connectivity index (χ3v) is 1.49. The van der Waals surface area contributed by atoms with E-state index >= 15 is 0 Å². The molecule has 0 aliphatic carbocycles. The number of hydrogen-bond acceptors (Lipinski definition) is 2. The van der Waals surface area contributed by atoms with Crippen molar-refractivity contribution in [1.29, 1.82) is 0 Å². The number of rotatable bonds is 3. The molecule has 0 bridgehead atoms. The second-order valence-corrected chi connectivity index (χ2v) is 2.18. The van der Waals surface area contributed by atoms with Crippen LogP contribution in [0.4, 0.5) is 0 Å².